The van der Waals surface area contributed by atoms with Crippen LogP contribution in [0.2, 0.25) is 0 Å². The molecule has 0 saturated heterocycles. The molecule has 0 heterocycles. The Morgan fingerprint density at radius 3 is 2.32 bits per heavy atom. The van der Waals surface area contributed by atoms with Crippen molar-refractivity contribution in [2.75, 3.05) is 32.6 Å². The lowest BCUT2D eigenvalue weighted by atomic mass is 10.2. The number of carbonyl (C=O) groups is 2. The van der Waals surface area contributed by atoms with Gasteiger partial charge in [-0.05, 0) is 58.5 Å². The van der Waals surface area contributed by atoms with Crippen LogP contribution >= 0.6 is 22.6 Å². The van der Waals surface area contributed by atoms with Crippen molar-refractivity contribution in [2.45, 2.75) is 6.54 Å². The van der Waals surface area contributed by atoms with Crippen molar-refractivity contribution in [3.63, 3.8) is 0 Å². The minimum Gasteiger partial charge on any atom is -0.452 e. The molecular formula is C19H21IN2O3. The molecule has 0 saturated carbocycles. The molecule has 0 spiro atoms. The molecule has 0 aliphatic heterocycles. The van der Waals surface area contributed by atoms with Crippen LogP contribution in [0.25, 0.3) is 0 Å². The fourth-order valence-electron chi connectivity index (χ4n) is 2.20. The number of likely N-dealkylation sites (N-methyl/N-ethyl adjacent to an activating group) is 1. The van der Waals surface area contributed by atoms with E-state index in [9.17, 15) is 9.59 Å². The highest BCUT2D eigenvalue weighted by Crippen LogP contribution is 2.13. The van der Waals surface area contributed by atoms with Gasteiger partial charge in [0, 0.05) is 36.9 Å². The Morgan fingerprint density at radius 1 is 1.04 bits per heavy atom. The molecule has 0 aliphatic rings. The fraction of sp³-hybridized carbons (Fsp3) is 0.263. The Morgan fingerprint density at radius 2 is 1.72 bits per heavy atom. The van der Waals surface area contributed by atoms with Crippen molar-refractivity contribution in [3.8, 4) is 0 Å². The summed E-state index contributed by atoms with van der Waals surface area (Å²) < 4.78 is 6.06. The van der Waals surface area contributed by atoms with E-state index in [0.29, 0.717) is 12.1 Å². The highest BCUT2D eigenvalue weighted by atomic mass is 127. The first-order chi connectivity index (χ1) is 11.9. The quantitative estimate of drug-likeness (QED) is 0.499. The summed E-state index contributed by atoms with van der Waals surface area (Å²) in [7, 11) is 5.65. The van der Waals surface area contributed by atoms with Gasteiger partial charge in [-0.15, -0.1) is 0 Å². The van der Waals surface area contributed by atoms with Crippen LogP contribution in [0.4, 0.5) is 5.69 Å². The minimum absolute atomic E-state index is 0.240. The lowest BCUT2D eigenvalue weighted by molar-refractivity contribution is -0.133. The Bertz CT molecular complexity index is 745. The van der Waals surface area contributed by atoms with E-state index >= 15 is 0 Å². The number of ether oxygens (including phenoxy) is 1. The van der Waals surface area contributed by atoms with Crippen LogP contribution in [0.3, 0.4) is 0 Å². The molecule has 0 radical (unpaired) electrons. The summed E-state index contributed by atoms with van der Waals surface area (Å²) in [5.74, 6) is -0.730. The molecule has 0 atom stereocenters. The van der Waals surface area contributed by atoms with Gasteiger partial charge >= 0.3 is 5.97 Å². The van der Waals surface area contributed by atoms with Crippen LogP contribution in [0.5, 0.6) is 0 Å². The third kappa shape index (κ3) is 5.74. The average Bonchev–Trinajstić information content (AvgIpc) is 2.59. The number of amides is 1. The van der Waals surface area contributed by atoms with E-state index in [4.69, 9.17) is 4.74 Å². The topological polar surface area (TPSA) is 49.9 Å². The average molecular weight is 452 g/mol. The first-order valence-electron chi connectivity index (χ1n) is 7.79. The lowest BCUT2D eigenvalue weighted by Crippen LogP contribution is -2.30. The van der Waals surface area contributed by atoms with Gasteiger partial charge in [-0.25, -0.2) is 4.79 Å². The molecule has 0 fully saturated rings. The maximum absolute atomic E-state index is 12.2. The third-order valence-electron chi connectivity index (χ3n) is 3.69. The molecule has 132 valence electrons. The normalized spacial score (nSPS) is 10.2. The highest BCUT2D eigenvalue weighted by Gasteiger charge is 2.14. The van der Waals surface area contributed by atoms with E-state index in [-0.39, 0.29) is 12.5 Å². The van der Waals surface area contributed by atoms with E-state index in [1.807, 2.05) is 49.3 Å². The standard InChI is InChI=1S/C19H21IN2O3/c1-21(2)17-9-7-14(8-10-17)12-22(3)18(23)13-25-19(24)15-5-4-6-16(20)11-15/h4-11H,12-13H2,1-3H3. The summed E-state index contributed by atoms with van der Waals surface area (Å²) in [5.41, 5.74) is 2.57. The summed E-state index contributed by atoms with van der Waals surface area (Å²) in [5, 5.41) is 0. The number of benzene rings is 2. The number of halogens is 1. The van der Waals surface area contributed by atoms with Gasteiger partial charge in [0.05, 0.1) is 5.56 Å². The Kier molecular flexibility index (Phi) is 6.81. The van der Waals surface area contributed by atoms with Gasteiger partial charge in [-0.2, -0.15) is 0 Å². The molecule has 0 bridgehead atoms. The first kappa shape index (κ1) is 19.2. The van der Waals surface area contributed by atoms with Crippen molar-refractivity contribution in [2.24, 2.45) is 0 Å². The van der Waals surface area contributed by atoms with Crippen LogP contribution in [-0.4, -0.2) is 44.5 Å². The van der Waals surface area contributed by atoms with E-state index < -0.39 is 5.97 Å². The van der Waals surface area contributed by atoms with E-state index in [0.717, 1.165) is 14.8 Å². The maximum Gasteiger partial charge on any atom is 0.338 e. The number of nitrogens with zero attached hydrogens (tertiary/aromatic N) is 2. The zero-order chi connectivity index (χ0) is 18.4. The van der Waals surface area contributed by atoms with Crippen molar-refractivity contribution in [1.82, 2.24) is 4.90 Å². The second kappa shape index (κ2) is 8.84. The lowest BCUT2D eigenvalue weighted by Gasteiger charge is -2.18. The van der Waals surface area contributed by atoms with Crippen LogP contribution in [0, 0.1) is 3.57 Å². The summed E-state index contributed by atoms with van der Waals surface area (Å²) in [6.45, 7) is 0.198. The molecule has 5 nitrogen and oxygen atoms in total. The number of anilines is 1. The maximum atomic E-state index is 12.2. The molecular weight excluding hydrogens is 431 g/mol. The van der Waals surface area contributed by atoms with Crippen LogP contribution < -0.4 is 4.90 Å². The van der Waals surface area contributed by atoms with Gasteiger partial charge in [0.25, 0.3) is 5.91 Å². The summed E-state index contributed by atoms with van der Waals surface area (Å²) in [4.78, 5) is 27.7. The van der Waals surface area contributed by atoms with Gasteiger partial charge < -0.3 is 14.5 Å². The molecule has 25 heavy (non-hydrogen) atoms. The first-order valence-corrected chi connectivity index (χ1v) is 8.87. The monoisotopic (exact) mass is 452 g/mol. The largest absolute Gasteiger partial charge is 0.452 e. The van der Waals surface area contributed by atoms with E-state index in [1.54, 1.807) is 30.1 Å². The molecule has 6 heteroatoms. The third-order valence-corrected chi connectivity index (χ3v) is 4.36. The molecule has 1 amide bonds. The molecule has 0 N–H and O–H groups in total. The minimum atomic E-state index is -0.490. The Balaban J connectivity index is 1.86. The summed E-state index contributed by atoms with van der Waals surface area (Å²) in [6.07, 6.45) is 0. The van der Waals surface area contributed by atoms with E-state index in [1.165, 1.54) is 0 Å². The van der Waals surface area contributed by atoms with Crippen LogP contribution in [0.1, 0.15) is 15.9 Å². The van der Waals surface area contributed by atoms with Gasteiger partial charge in [0.1, 0.15) is 0 Å². The van der Waals surface area contributed by atoms with Crippen molar-refractivity contribution >= 4 is 40.2 Å². The predicted octanol–water partition coefficient (Wildman–Crippen LogP) is 3.17. The SMILES string of the molecule is CN(Cc1ccc(N(C)C)cc1)C(=O)COC(=O)c1cccc(I)c1. The Labute approximate surface area is 161 Å². The molecule has 0 aromatic heterocycles. The molecule has 0 aliphatic carbocycles. The van der Waals surface area contributed by atoms with Crippen molar-refractivity contribution < 1.29 is 14.3 Å². The second-order valence-corrected chi connectivity index (χ2v) is 7.14. The number of rotatable bonds is 6. The summed E-state index contributed by atoms with van der Waals surface area (Å²) >= 11 is 2.12. The number of hydrogen-bond donors (Lipinski definition) is 0. The van der Waals surface area contributed by atoms with Crippen molar-refractivity contribution in [3.05, 3.63) is 63.2 Å². The number of carbonyl (C=O) groups excluding carboxylic acids is 2. The zero-order valence-corrected chi connectivity index (χ0v) is 16.7. The van der Waals surface area contributed by atoms with Gasteiger partial charge in [0.15, 0.2) is 6.61 Å². The zero-order valence-electron chi connectivity index (χ0n) is 14.5. The van der Waals surface area contributed by atoms with Gasteiger partial charge in [-0.3, -0.25) is 4.79 Å². The second-order valence-electron chi connectivity index (χ2n) is 5.90. The number of esters is 1. The highest BCUT2D eigenvalue weighted by molar-refractivity contribution is 14.1. The van der Waals surface area contributed by atoms with Gasteiger partial charge in [0.2, 0.25) is 0 Å². The van der Waals surface area contributed by atoms with Crippen molar-refractivity contribution in [1.29, 1.82) is 0 Å². The van der Waals surface area contributed by atoms with Crippen LogP contribution in [-0.2, 0) is 16.1 Å². The molecule has 2 rings (SSSR count). The Hall–Kier alpha value is -2.09. The smallest absolute Gasteiger partial charge is 0.338 e. The molecule has 2 aromatic rings. The van der Waals surface area contributed by atoms with Crippen LogP contribution in [0.15, 0.2) is 48.5 Å². The number of hydrogen-bond acceptors (Lipinski definition) is 4. The van der Waals surface area contributed by atoms with E-state index in [2.05, 4.69) is 22.6 Å². The summed E-state index contributed by atoms with van der Waals surface area (Å²) in [6, 6.07) is 15.0. The van der Waals surface area contributed by atoms with Gasteiger partial charge in [-0.1, -0.05) is 18.2 Å². The molecule has 2 aromatic carbocycles. The fourth-order valence-corrected chi connectivity index (χ4v) is 2.74. The predicted molar refractivity (Wildman–Crippen MR) is 107 cm³/mol. The molecule has 0 unspecified atom stereocenters.